The number of rotatable bonds is 5. The van der Waals surface area contributed by atoms with E-state index in [2.05, 4.69) is 4.99 Å². The first kappa shape index (κ1) is 23.7. The second kappa shape index (κ2) is 9.40. The summed E-state index contributed by atoms with van der Waals surface area (Å²) in [6.07, 6.45) is 1.34. The van der Waals surface area contributed by atoms with E-state index in [4.69, 9.17) is 21.4 Å². The Bertz CT molecular complexity index is 1480. The van der Waals surface area contributed by atoms with Gasteiger partial charge in [-0.1, -0.05) is 47.2 Å². The van der Waals surface area contributed by atoms with E-state index in [9.17, 15) is 14.4 Å². The molecule has 4 rings (SSSR count). The third-order valence-corrected chi connectivity index (χ3v) is 6.46. The van der Waals surface area contributed by atoms with E-state index in [1.807, 2.05) is 0 Å². The van der Waals surface area contributed by atoms with Gasteiger partial charge in [0, 0.05) is 5.02 Å². The van der Waals surface area contributed by atoms with Crippen LogP contribution in [0.3, 0.4) is 0 Å². The largest absolute Gasteiger partial charge is 0.478 e. The zero-order valence-electron chi connectivity index (χ0n) is 18.6. The van der Waals surface area contributed by atoms with Gasteiger partial charge in [0.05, 0.1) is 33.5 Å². The van der Waals surface area contributed by atoms with Gasteiger partial charge in [0.1, 0.15) is 0 Å². The third kappa shape index (κ3) is 4.60. The Morgan fingerprint density at radius 2 is 1.79 bits per heavy atom. The molecule has 0 bridgehead atoms. The summed E-state index contributed by atoms with van der Waals surface area (Å²) < 4.78 is 7.38. The van der Waals surface area contributed by atoms with Crippen LogP contribution in [0.4, 0.5) is 0 Å². The number of carboxylic acids is 1. The number of aromatic nitrogens is 1. The Labute approximate surface area is 203 Å². The molecule has 7 nitrogen and oxygen atoms in total. The van der Waals surface area contributed by atoms with E-state index >= 15 is 0 Å². The molecular formula is C25H21ClN2O5S. The number of nitrogens with zero attached hydrogens (tertiary/aromatic N) is 2. The first-order valence-electron chi connectivity index (χ1n) is 10.5. The van der Waals surface area contributed by atoms with Gasteiger partial charge in [0.25, 0.3) is 5.56 Å². The summed E-state index contributed by atoms with van der Waals surface area (Å²) in [4.78, 5) is 42.7. The topological polar surface area (TPSA) is 98.0 Å². The minimum absolute atomic E-state index is 0.158. The van der Waals surface area contributed by atoms with Crippen molar-refractivity contribution < 1.29 is 19.4 Å². The van der Waals surface area contributed by atoms with Crippen LogP contribution in [-0.4, -0.2) is 27.7 Å². The lowest BCUT2D eigenvalue weighted by atomic mass is 9.96. The number of carboxylic acid groups (broad SMARTS) is 1. The number of benzene rings is 2. The zero-order valence-corrected chi connectivity index (χ0v) is 20.2. The summed E-state index contributed by atoms with van der Waals surface area (Å²) in [5.74, 6) is -1.56. The summed E-state index contributed by atoms with van der Waals surface area (Å²) in [6, 6.07) is 12.5. The average molecular weight is 497 g/mol. The maximum absolute atomic E-state index is 13.5. The summed E-state index contributed by atoms with van der Waals surface area (Å²) in [5, 5.41) is 9.63. The van der Waals surface area contributed by atoms with Crippen molar-refractivity contribution in [1.82, 2.24) is 4.57 Å². The van der Waals surface area contributed by atoms with Crippen LogP contribution in [0.2, 0.25) is 5.02 Å². The predicted molar refractivity (Wildman–Crippen MR) is 130 cm³/mol. The quantitative estimate of drug-likeness (QED) is 0.545. The molecule has 34 heavy (non-hydrogen) atoms. The van der Waals surface area contributed by atoms with Crippen LogP contribution >= 0.6 is 22.9 Å². The average Bonchev–Trinajstić information content (AvgIpc) is 3.07. The summed E-state index contributed by atoms with van der Waals surface area (Å²) in [6.45, 7) is 5.24. The Balaban J connectivity index is 1.90. The van der Waals surface area contributed by atoms with Gasteiger partial charge in [0.2, 0.25) is 0 Å². The lowest BCUT2D eigenvalue weighted by molar-refractivity contribution is -0.143. The number of fused-ring (bicyclic) bond motifs is 1. The van der Waals surface area contributed by atoms with Crippen molar-refractivity contribution in [3.05, 3.63) is 101 Å². The monoisotopic (exact) mass is 496 g/mol. The van der Waals surface area contributed by atoms with Gasteiger partial charge < -0.3 is 9.84 Å². The third-order valence-electron chi connectivity index (χ3n) is 5.23. The molecule has 0 amide bonds. The smallest absolute Gasteiger partial charge is 0.338 e. The van der Waals surface area contributed by atoms with Crippen LogP contribution in [-0.2, 0) is 9.53 Å². The van der Waals surface area contributed by atoms with E-state index in [0.29, 0.717) is 36.8 Å². The standard InChI is InChI=1S/C25H21ClN2O5S/c1-13(2)33-24(32)20-14(3)27-25-28(21(20)16-8-10-18(26)11-9-16)22(29)19(34-25)12-15-4-6-17(7-5-15)23(30)31/h4-13,21H,1-3H3,(H,30,31)/b19-12-/t21-/m1/s1. The van der Waals surface area contributed by atoms with Crippen molar-refractivity contribution in [1.29, 1.82) is 0 Å². The van der Waals surface area contributed by atoms with Crippen LogP contribution in [0.1, 0.15) is 48.3 Å². The first-order valence-corrected chi connectivity index (χ1v) is 11.7. The number of allylic oxidation sites excluding steroid dienone is 1. The highest BCUT2D eigenvalue weighted by molar-refractivity contribution is 7.07. The fourth-order valence-electron chi connectivity index (χ4n) is 3.69. The van der Waals surface area contributed by atoms with Crippen molar-refractivity contribution in [2.45, 2.75) is 32.9 Å². The molecule has 0 aliphatic carbocycles. The van der Waals surface area contributed by atoms with Gasteiger partial charge in [-0.2, -0.15) is 0 Å². The zero-order chi connectivity index (χ0) is 24.6. The van der Waals surface area contributed by atoms with Crippen LogP contribution in [0, 0.1) is 0 Å². The van der Waals surface area contributed by atoms with Crippen molar-refractivity contribution in [2.24, 2.45) is 4.99 Å². The Kier molecular flexibility index (Phi) is 6.54. The van der Waals surface area contributed by atoms with Crippen LogP contribution in [0.15, 0.2) is 69.6 Å². The number of halogens is 1. The fraction of sp³-hybridized carbons (Fsp3) is 0.200. The van der Waals surface area contributed by atoms with Crippen LogP contribution in [0.25, 0.3) is 6.08 Å². The van der Waals surface area contributed by atoms with E-state index in [1.165, 1.54) is 28.0 Å². The molecule has 174 valence electrons. The molecule has 1 aliphatic heterocycles. The number of ether oxygens (including phenoxy) is 1. The van der Waals surface area contributed by atoms with E-state index in [0.717, 1.165) is 0 Å². The molecule has 9 heteroatoms. The highest BCUT2D eigenvalue weighted by Crippen LogP contribution is 2.31. The SMILES string of the molecule is CC1=C(C(=O)OC(C)C)[C@@H](c2ccc(Cl)cc2)n2c(s/c(=C\c3ccc(C(=O)O)cc3)c2=O)=N1. The molecule has 0 spiro atoms. The molecule has 0 unspecified atom stereocenters. The summed E-state index contributed by atoms with van der Waals surface area (Å²) in [7, 11) is 0. The van der Waals surface area contributed by atoms with Crippen molar-refractivity contribution in [3.63, 3.8) is 0 Å². The van der Waals surface area contributed by atoms with Crippen molar-refractivity contribution in [3.8, 4) is 0 Å². The van der Waals surface area contributed by atoms with Gasteiger partial charge in [0.15, 0.2) is 4.80 Å². The minimum Gasteiger partial charge on any atom is -0.478 e. The van der Waals surface area contributed by atoms with Gasteiger partial charge in [-0.25, -0.2) is 14.6 Å². The molecule has 2 heterocycles. The molecule has 0 saturated heterocycles. The number of carbonyl (C=O) groups excluding carboxylic acids is 1. The lowest BCUT2D eigenvalue weighted by Crippen LogP contribution is -2.40. The fourth-order valence-corrected chi connectivity index (χ4v) is 4.87. The Hall–Kier alpha value is -3.49. The number of esters is 1. The molecule has 3 aromatic rings. The van der Waals surface area contributed by atoms with Gasteiger partial charge in [-0.15, -0.1) is 0 Å². The van der Waals surface area contributed by atoms with Gasteiger partial charge in [-0.3, -0.25) is 9.36 Å². The molecule has 0 radical (unpaired) electrons. The molecule has 2 aromatic carbocycles. The number of aromatic carboxylic acids is 1. The van der Waals surface area contributed by atoms with Crippen LogP contribution < -0.4 is 14.9 Å². The normalized spacial score (nSPS) is 15.8. The lowest BCUT2D eigenvalue weighted by Gasteiger charge is -2.25. The molecule has 1 atom stereocenters. The highest BCUT2D eigenvalue weighted by Gasteiger charge is 2.33. The summed E-state index contributed by atoms with van der Waals surface area (Å²) >= 11 is 7.27. The van der Waals surface area contributed by atoms with Gasteiger partial charge >= 0.3 is 11.9 Å². The van der Waals surface area contributed by atoms with Crippen molar-refractivity contribution in [2.75, 3.05) is 0 Å². The maximum atomic E-state index is 13.5. The molecule has 0 saturated carbocycles. The number of thiazole rings is 1. The molecule has 0 fully saturated rings. The molecule has 1 N–H and O–H groups in total. The van der Waals surface area contributed by atoms with Crippen LogP contribution in [0.5, 0.6) is 0 Å². The number of hydrogen-bond donors (Lipinski definition) is 1. The van der Waals surface area contributed by atoms with E-state index in [1.54, 1.807) is 63.2 Å². The maximum Gasteiger partial charge on any atom is 0.338 e. The first-order chi connectivity index (χ1) is 16.2. The van der Waals surface area contributed by atoms with Gasteiger partial charge in [-0.05, 0) is 62.2 Å². The minimum atomic E-state index is -1.02. The van der Waals surface area contributed by atoms with E-state index in [-0.39, 0.29) is 17.2 Å². The summed E-state index contributed by atoms with van der Waals surface area (Å²) in [5.41, 5.74) is 1.99. The second-order valence-corrected chi connectivity index (χ2v) is 9.46. The second-order valence-electron chi connectivity index (χ2n) is 8.01. The molecule has 1 aliphatic rings. The highest BCUT2D eigenvalue weighted by atomic mass is 35.5. The molecule has 1 aromatic heterocycles. The van der Waals surface area contributed by atoms with E-state index < -0.39 is 18.0 Å². The number of carbonyl (C=O) groups is 2. The predicted octanol–water partition coefficient (Wildman–Crippen LogP) is 3.54. The Morgan fingerprint density at radius 1 is 1.15 bits per heavy atom. The molecular weight excluding hydrogens is 476 g/mol. The Morgan fingerprint density at radius 3 is 2.38 bits per heavy atom. The number of hydrogen-bond acceptors (Lipinski definition) is 6. The van der Waals surface area contributed by atoms with Crippen molar-refractivity contribution >= 4 is 41.0 Å².